The van der Waals surface area contributed by atoms with Crippen LogP contribution in [0.4, 0.5) is 4.39 Å². The first kappa shape index (κ1) is 21.4. The maximum Gasteiger partial charge on any atom is 0.262 e. The van der Waals surface area contributed by atoms with E-state index in [0.717, 1.165) is 38.0 Å². The van der Waals surface area contributed by atoms with Crippen LogP contribution in [0.5, 0.6) is 0 Å². The number of nitrogens with one attached hydrogen (secondary N) is 1. The molecule has 0 amide bonds. The van der Waals surface area contributed by atoms with Crippen molar-refractivity contribution < 1.29 is 12.8 Å². The van der Waals surface area contributed by atoms with Crippen LogP contribution in [-0.2, 0) is 17.1 Å². The van der Waals surface area contributed by atoms with Crippen LogP contribution >= 0.6 is 0 Å². The summed E-state index contributed by atoms with van der Waals surface area (Å²) in [5.74, 6) is -0.328. The van der Waals surface area contributed by atoms with E-state index < -0.39 is 10.0 Å². The minimum Gasteiger partial charge on any atom is -0.339 e. The van der Waals surface area contributed by atoms with E-state index in [9.17, 15) is 12.8 Å². The van der Waals surface area contributed by atoms with Crippen molar-refractivity contribution in [2.75, 3.05) is 32.7 Å². The quantitative estimate of drug-likeness (QED) is 0.749. The molecule has 4 rings (SSSR count). The molecule has 7 nitrogen and oxygen atoms in total. The molecule has 0 radical (unpaired) electrons. The topological polar surface area (TPSA) is 70.5 Å². The molecular weight excluding hydrogens is 405 g/mol. The summed E-state index contributed by atoms with van der Waals surface area (Å²) >= 11 is 0. The zero-order valence-corrected chi connectivity index (χ0v) is 18.4. The number of hydrogen-bond acceptors (Lipinski definition) is 5. The predicted octanol–water partition coefficient (Wildman–Crippen LogP) is 1.79. The molecule has 0 saturated carbocycles. The van der Waals surface area contributed by atoms with Gasteiger partial charge in [-0.3, -0.25) is 0 Å². The second-order valence-corrected chi connectivity index (χ2v) is 10.2. The highest BCUT2D eigenvalue weighted by atomic mass is 32.2. The lowest BCUT2D eigenvalue weighted by atomic mass is 9.93. The molecule has 0 aliphatic carbocycles. The van der Waals surface area contributed by atoms with E-state index in [1.54, 1.807) is 23.7 Å². The summed E-state index contributed by atoms with van der Waals surface area (Å²) in [5.41, 5.74) is 0.954. The fourth-order valence-electron chi connectivity index (χ4n) is 4.62. The average molecular weight is 436 g/mol. The van der Waals surface area contributed by atoms with Gasteiger partial charge in [-0.15, -0.1) is 0 Å². The molecule has 3 heterocycles. The van der Waals surface area contributed by atoms with Crippen LogP contribution in [0.3, 0.4) is 0 Å². The monoisotopic (exact) mass is 435 g/mol. The summed E-state index contributed by atoms with van der Waals surface area (Å²) in [4.78, 5) is 6.48. The van der Waals surface area contributed by atoms with Gasteiger partial charge in [0.05, 0.1) is 6.33 Å². The third kappa shape index (κ3) is 4.44. The van der Waals surface area contributed by atoms with Gasteiger partial charge in [-0.05, 0) is 43.6 Å². The molecule has 9 heteroatoms. The summed E-state index contributed by atoms with van der Waals surface area (Å²) in [6.45, 7) is 6.00. The van der Waals surface area contributed by atoms with Crippen molar-refractivity contribution in [2.24, 2.45) is 7.05 Å². The first-order valence-electron chi connectivity index (χ1n) is 10.6. The Morgan fingerprint density at radius 1 is 1.20 bits per heavy atom. The molecule has 30 heavy (non-hydrogen) atoms. The zero-order valence-electron chi connectivity index (χ0n) is 17.5. The van der Waals surface area contributed by atoms with Gasteiger partial charge in [0.1, 0.15) is 5.82 Å². The van der Waals surface area contributed by atoms with Crippen LogP contribution in [0.25, 0.3) is 0 Å². The number of imidazole rings is 1. The SMILES string of the molecule is CCN1CCCC(N[C@@H]2CN(S(=O)(=O)c3cn(C)cn3)C[C@H]2c2ccc(F)cc2)C1. The Hall–Kier alpha value is -1.81. The third-order valence-corrected chi connectivity index (χ3v) is 7.99. The van der Waals surface area contributed by atoms with Crippen molar-refractivity contribution in [3.8, 4) is 0 Å². The molecule has 0 bridgehead atoms. The van der Waals surface area contributed by atoms with Crippen LogP contribution < -0.4 is 5.32 Å². The Kier molecular flexibility index (Phi) is 6.24. The van der Waals surface area contributed by atoms with Crippen LogP contribution in [0, 0.1) is 5.82 Å². The van der Waals surface area contributed by atoms with E-state index in [1.165, 1.54) is 29.0 Å². The zero-order chi connectivity index (χ0) is 21.3. The summed E-state index contributed by atoms with van der Waals surface area (Å²) in [6.07, 6.45) is 5.24. The molecule has 3 atom stereocenters. The van der Waals surface area contributed by atoms with Crippen molar-refractivity contribution >= 4 is 10.0 Å². The molecule has 164 valence electrons. The fourth-order valence-corrected chi connectivity index (χ4v) is 6.07. The third-order valence-electron chi connectivity index (χ3n) is 6.27. The Morgan fingerprint density at radius 3 is 2.63 bits per heavy atom. The van der Waals surface area contributed by atoms with Crippen LogP contribution in [-0.4, -0.2) is 72.0 Å². The van der Waals surface area contributed by atoms with Gasteiger partial charge in [-0.2, -0.15) is 4.31 Å². The molecule has 1 unspecified atom stereocenters. The normalized spacial score (nSPS) is 26.3. The van der Waals surface area contributed by atoms with E-state index in [0.29, 0.717) is 19.1 Å². The Bertz CT molecular complexity index is 962. The summed E-state index contributed by atoms with van der Waals surface area (Å²) in [6, 6.07) is 6.72. The summed E-state index contributed by atoms with van der Waals surface area (Å²) in [7, 11) is -1.93. The number of likely N-dealkylation sites (N-methyl/N-ethyl adjacent to an activating group) is 1. The first-order chi connectivity index (χ1) is 14.4. The number of halogens is 1. The molecular formula is C21H30FN5O2S. The van der Waals surface area contributed by atoms with Crippen molar-refractivity contribution in [2.45, 2.75) is 42.8 Å². The van der Waals surface area contributed by atoms with Crippen LogP contribution in [0.1, 0.15) is 31.2 Å². The van der Waals surface area contributed by atoms with Gasteiger partial charge in [-0.25, -0.2) is 17.8 Å². The molecule has 2 fully saturated rings. The first-order valence-corrected chi connectivity index (χ1v) is 12.0. The number of aromatic nitrogens is 2. The second kappa shape index (κ2) is 8.74. The van der Waals surface area contributed by atoms with Gasteiger partial charge >= 0.3 is 0 Å². The van der Waals surface area contributed by atoms with Gasteiger partial charge in [0.15, 0.2) is 5.03 Å². The molecule has 2 saturated heterocycles. The predicted molar refractivity (Wildman–Crippen MR) is 113 cm³/mol. The minimum atomic E-state index is -3.68. The number of hydrogen-bond donors (Lipinski definition) is 1. The highest BCUT2D eigenvalue weighted by molar-refractivity contribution is 7.89. The largest absolute Gasteiger partial charge is 0.339 e. The number of rotatable bonds is 6. The van der Waals surface area contributed by atoms with Gasteiger partial charge in [0, 0.05) is 50.9 Å². The summed E-state index contributed by atoms with van der Waals surface area (Å²) in [5, 5.41) is 3.80. The standard InChI is InChI=1S/C21H30FN5O2S/c1-3-26-10-4-5-18(11-26)24-20-13-27(30(28,29)21-14-25(2)15-23-21)12-19(20)16-6-8-17(22)9-7-16/h6-9,14-15,18-20,24H,3-5,10-13H2,1-2H3/t18?,19-,20+/m0/s1. The van der Waals surface area contributed by atoms with E-state index in [2.05, 4.69) is 22.1 Å². The number of piperidine rings is 1. The Balaban J connectivity index is 1.58. The second-order valence-electron chi connectivity index (χ2n) is 8.36. The van der Waals surface area contributed by atoms with E-state index >= 15 is 0 Å². The molecule has 1 aromatic carbocycles. The van der Waals surface area contributed by atoms with Crippen molar-refractivity contribution in [3.05, 3.63) is 48.2 Å². The number of nitrogens with zero attached hydrogens (tertiary/aromatic N) is 4. The lowest BCUT2D eigenvalue weighted by Gasteiger charge is -2.35. The fraction of sp³-hybridized carbons (Fsp3) is 0.571. The lowest BCUT2D eigenvalue weighted by molar-refractivity contribution is 0.189. The number of likely N-dealkylation sites (tertiary alicyclic amines) is 1. The van der Waals surface area contributed by atoms with Crippen molar-refractivity contribution in [3.63, 3.8) is 0 Å². The molecule has 1 N–H and O–H groups in total. The average Bonchev–Trinajstić information content (AvgIpc) is 3.36. The van der Waals surface area contributed by atoms with Crippen molar-refractivity contribution in [1.82, 2.24) is 24.1 Å². The molecule has 2 aliphatic heterocycles. The molecule has 0 spiro atoms. The minimum absolute atomic E-state index is 0.0317. The van der Waals surface area contributed by atoms with Crippen molar-refractivity contribution in [1.29, 1.82) is 0 Å². The van der Waals surface area contributed by atoms with Gasteiger partial charge in [-0.1, -0.05) is 19.1 Å². The molecule has 2 aromatic rings. The van der Waals surface area contributed by atoms with Gasteiger partial charge in [0.2, 0.25) is 0 Å². The molecule has 2 aliphatic rings. The van der Waals surface area contributed by atoms with Crippen LogP contribution in [0.15, 0.2) is 41.8 Å². The maximum atomic E-state index is 13.5. The van der Waals surface area contributed by atoms with E-state index in [4.69, 9.17) is 0 Å². The smallest absolute Gasteiger partial charge is 0.262 e. The number of sulfonamides is 1. The van der Waals surface area contributed by atoms with Gasteiger partial charge in [0.25, 0.3) is 10.0 Å². The Labute approximate surface area is 177 Å². The highest BCUT2D eigenvalue weighted by Gasteiger charge is 2.41. The number of benzene rings is 1. The molecule has 1 aromatic heterocycles. The lowest BCUT2D eigenvalue weighted by Crippen LogP contribution is -2.51. The van der Waals surface area contributed by atoms with Gasteiger partial charge < -0.3 is 14.8 Å². The maximum absolute atomic E-state index is 13.5. The number of aryl methyl sites for hydroxylation is 1. The highest BCUT2D eigenvalue weighted by Crippen LogP contribution is 2.32. The van der Waals surface area contributed by atoms with E-state index in [1.807, 2.05) is 0 Å². The summed E-state index contributed by atoms with van der Waals surface area (Å²) < 4.78 is 43.0. The van der Waals surface area contributed by atoms with E-state index in [-0.39, 0.29) is 22.8 Å². The van der Waals surface area contributed by atoms with Crippen LogP contribution in [0.2, 0.25) is 0 Å². The Morgan fingerprint density at radius 2 is 1.97 bits per heavy atom.